The number of nitrogens with one attached hydrogen (secondary N) is 1. The Balaban J connectivity index is 2.28. The van der Waals surface area contributed by atoms with Gasteiger partial charge >= 0.3 is 0 Å². The number of anilines is 2. The van der Waals surface area contributed by atoms with Crippen molar-refractivity contribution in [3.05, 3.63) is 46.0 Å². The van der Waals surface area contributed by atoms with E-state index in [0.717, 1.165) is 3.57 Å². The van der Waals surface area contributed by atoms with Crippen molar-refractivity contribution in [1.82, 2.24) is 0 Å². The van der Waals surface area contributed by atoms with Crippen LogP contribution in [0.1, 0.15) is 0 Å². The Morgan fingerprint density at radius 2 is 1.80 bits per heavy atom. The first-order chi connectivity index (χ1) is 9.42. The number of nitrogens with two attached hydrogens (primary N) is 1. The van der Waals surface area contributed by atoms with E-state index in [-0.39, 0.29) is 4.90 Å². The maximum Gasteiger partial charge on any atom is 0.261 e. The molecule has 0 aromatic heterocycles. The molecule has 20 heavy (non-hydrogen) atoms. The van der Waals surface area contributed by atoms with Gasteiger partial charge in [0.15, 0.2) is 0 Å². The van der Waals surface area contributed by atoms with Gasteiger partial charge in [-0.1, -0.05) is 0 Å². The summed E-state index contributed by atoms with van der Waals surface area (Å²) in [6.45, 7) is 0. The third kappa shape index (κ3) is 3.34. The van der Waals surface area contributed by atoms with E-state index in [9.17, 15) is 8.42 Å². The fourth-order valence-corrected chi connectivity index (χ4v) is 3.03. The van der Waals surface area contributed by atoms with E-state index in [4.69, 9.17) is 10.5 Å². The second-order valence-corrected chi connectivity index (χ2v) is 6.94. The smallest absolute Gasteiger partial charge is 0.261 e. The van der Waals surface area contributed by atoms with Gasteiger partial charge in [0, 0.05) is 3.57 Å². The Morgan fingerprint density at radius 1 is 1.15 bits per heavy atom. The number of rotatable bonds is 4. The van der Waals surface area contributed by atoms with Crippen LogP contribution in [0.3, 0.4) is 0 Å². The number of hydrogen-bond donors (Lipinski definition) is 2. The van der Waals surface area contributed by atoms with Crippen LogP contribution in [0.25, 0.3) is 0 Å². The molecule has 2 aromatic rings. The maximum absolute atomic E-state index is 12.2. The zero-order valence-electron chi connectivity index (χ0n) is 10.6. The molecule has 0 unspecified atom stereocenters. The highest BCUT2D eigenvalue weighted by molar-refractivity contribution is 14.1. The number of benzene rings is 2. The molecule has 0 saturated carbocycles. The molecule has 2 aromatic carbocycles. The number of hydrogen-bond acceptors (Lipinski definition) is 4. The van der Waals surface area contributed by atoms with Crippen molar-refractivity contribution in [1.29, 1.82) is 0 Å². The lowest BCUT2D eigenvalue weighted by molar-refractivity contribution is 0.417. The third-order valence-corrected chi connectivity index (χ3v) is 4.72. The minimum Gasteiger partial charge on any atom is -0.495 e. The molecule has 0 fully saturated rings. The van der Waals surface area contributed by atoms with E-state index >= 15 is 0 Å². The summed E-state index contributed by atoms with van der Waals surface area (Å²) in [5, 5.41) is 0. The van der Waals surface area contributed by atoms with Crippen LogP contribution in [0.15, 0.2) is 47.4 Å². The Labute approximate surface area is 131 Å². The Bertz CT molecular complexity index is 715. The fraction of sp³-hybridized carbons (Fsp3) is 0.0769. The SMILES string of the molecule is COc1ccc(NS(=O)(=O)c2ccc(I)cc2)cc1N. The van der Waals surface area contributed by atoms with Gasteiger partial charge in [0.25, 0.3) is 10.0 Å². The Kier molecular flexibility index (Phi) is 4.39. The summed E-state index contributed by atoms with van der Waals surface area (Å²) in [5.74, 6) is 0.502. The van der Waals surface area contributed by atoms with Gasteiger partial charge in [0.2, 0.25) is 0 Å². The molecular weight excluding hydrogens is 391 g/mol. The van der Waals surface area contributed by atoms with Crippen LogP contribution >= 0.6 is 22.6 Å². The molecule has 0 saturated heterocycles. The van der Waals surface area contributed by atoms with E-state index in [1.165, 1.54) is 13.2 Å². The van der Waals surface area contributed by atoms with Crippen molar-refractivity contribution < 1.29 is 13.2 Å². The average Bonchev–Trinajstić information content (AvgIpc) is 2.39. The second-order valence-electron chi connectivity index (χ2n) is 4.02. The number of halogens is 1. The first kappa shape index (κ1) is 14.9. The standard InChI is InChI=1S/C13H13IN2O3S/c1-19-13-7-4-10(8-12(13)15)16-20(17,18)11-5-2-9(14)3-6-11/h2-8,16H,15H2,1H3. The Hall–Kier alpha value is -1.48. The van der Waals surface area contributed by atoms with E-state index < -0.39 is 10.0 Å². The van der Waals surface area contributed by atoms with Gasteiger partial charge in [-0.2, -0.15) is 0 Å². The highest BCUT2D eigenvalue weighted by atomic mass is 127. The molecule has 7 heteroatoms. The number of sulfonamides is 1. The lowest BCUT2D eigenvalue weighted by Gasteiger charge is -2.10. The zero-order chi connectivity index (χ0) is 14.8. The van der Waals surface area contributed by atoms with E-state index in [1.807, 2.05) is 0 Å². The number of methoxy groups -OCH3 is 1. The van der Waals surface area contributed by atoms with Crippen molar-refractivity contribution in [2.45, 2.75) is 4.90 Å². The first-order valence-electron chi connectivity index (χ1n) is 5.64. The van der Waals surface area contributed by atoms with Gasteiger partial charge in [-0.15, -0.1) is 0 Å². The molecule has 0 heterocycles. The van der Waals surface area contributed by atoms with Crippen molar-refractivity contribution in [2.75, 3.05) is 17.6 Å². The van der Waals surface area contributed by atoms with Crippen molar-refractivity contribution >= 4 is 44.0 Å². The molecule has 5 nitrogen and oxygen atoms in total. The molecule has 0 aliphatic rings. The lowest BCUT2D eigenvalue weighted by atomic mass is 10.2. The minimum absolute atomic E-state index is 0.201. The van der Waals surface area contributed by atoms with Gasteiger partial charge in [0.1, 0.15) is 5.75 Å². The topological polar surface area (TPSA) is 81.4 Å². The Morgan fingerprint density at radius 3 is 2.35 bits per heavy atom. The van der Waals surface area contributed by atoms with Gasteiger partial charge in [0.05, 0.1) is 23.4 Å². The fourth-order valence-electron chi connectivity index (χ4n) is 1.63. The molecule has 0 spiro atoms. The largest absolute Gasteiger partial charge is 0.495 e. The van der Waals surface area contributed by atoms with Crippen molar-refractivity contribution in [2.24, 2.45) is 0 Å². The molecule has 106 valence electrons. The van der Waals surface area contributed by atoms with E-state index in [2.05, 4.69) is 27.3 Å². The highest BCUT2D eigenvalue weighted by Crippen LogP contribution is 2.26. The molecule has 3 N–H and O–H groups in total. The summed E-state index contributed by atoms with van der Waals surface area (Å²) in [6, 6.07) is 11.3. The molecule has 0 bridgehead atoms. The van der Waals surface area contributed by atoms with Gasteiger partial charge in [-0.3, -0.25) is 4.72 Å². The van der Waals surface area contributed by atoms with Gasteiger partial charge in [-0.05, 0) is 65.1 Å². The van der Waals surface area contributed by atoms with Crippen LogP contribution in [-0.4, -0.2) is 15.5 Å². The second kappa shape index (κ2) is 5.88. The number of nitrogen functional groups attached to an aromatic ring is 1. The van der Waals surface area contributed by atoms with Crippen LogP contribution < -0.4 is 15.2 Å². The normalized spacial score (nSPS) is 11.1. The van der Waals surface area contributed by atoms with Crippen molar-refractivity contribution in [3.63, 3.8) is 0 Å². The first-order valence-corrected chi connectivity index (χ1v) is 8.20. The summed E-state index contributed by atoms with van der Waals surface area (Å²) in [6.07, 6.45) is 0. The maximum atomic E-state index is 12.2. The molecular formula is C13H13IN2O3S. The summed E-state index contributed by atoms with van der Waals surface area (Å²) in [5.41, 5.74) is 6.51. The monoisotopic (exact) mass is 404 g/mol. The quantitative estimate of drug-likeness (QED) is 0.607. The van der Waals surface area contributed by atoms with Crippen molar-refractivity contribution in [3.8, 4) is 5.75 Å². The molecule has 0 radical (unpaired) electrons. The predicted molar refractivity (Wildman–Crippen MR) is 87.4 cm³/mol. The molecule has 2 rings (SSSR count). The summed E-state index contributed by atoms with van der Waals surface area (Å²) < 4.78 is 32.9. The molecule has 0 aliphatic carbocycles. The molecule has 0 amide bonds. The van der Waals surface area contributed by atoms with Crippen LogP contribution in [0.5, 0.6) is 5.75 Å². The highest BCUT2D eigenvalue weighted by Gasteiger charge is 2.14. The summed E-state index contributed by atoms with van der Waals surface area (Å²) in [7, 11) is -2.12. The molecule has 0 atom stereocenters. The van der Waals surface area contributed by atoms with Crippen LogP contribution in [0, 0.1) is 3.57 Å². The van der Waals surface area contributed by atoms with Gasteiger partial charge in [-0.25, -0.2) is 8.42 Å². The zero-order valence-corrected chi connectivity index (χ0v) is 13.6. The van der Waals surface area contributed by atoms with Crippen LogP contribution in [0.2, 0.25) is 0 Å². The van der Waals surface area contributed by atoms with Gasteiger partial charge < -0.3 is 10.5 Å². The summed E-state index contributed by atoms with van der Waals surface area (Å²) >= 11 is 2.11. The minimum atomic E-state index is -3.62. The predicted octanol–water partition coefficient (Wildman–Crippen LogP) is 2.68. The van der Waals surface area contributed by atoms with Crippen LogP contribution in [-0.2, 0) is 10.0 Å². The third-order valence-electron chi connectivity index (χ3n) is 2.61. The average molecular weight is 404 g/mol. The summed E-state index contributed by atoms with van der Waals surface area (Å²) in [4.78, 5) is 0.201. The molecule has 0 aliphatic heterocycles. The lowest BCUT2D eigenvalue weighted by Crippen LogP contribution is -2.13. The van der Waals surface area contributed by atoms with E-state index in [0.29, 0.717) is 17.1 Å². The number of ether oxygens (including phenoxy) is 1. The van der Waals surface area contributed by atoms with E-state index in [1.54, 1.807) is 36.4 Å². The van der Waals surface area contributed by atoms with Crippen LogP contribution in [0.4, 0.5) is 11.4 Å².